The summed E-state index contributed by atoms with van der Waals surface area (Å²) in [5.41, 5.74) is 1.08. The Hall–Kier alpha value is -1.78. The minimum Gasteiger partial charge on any atom is -0.478 e. The van der Waals surface area contributed by atoms with Gasteiger partial charge in [0.25, 0.3) is 0 Å². The van der Waals surface area contributed by atoms with Crippen LogP contribution in [0.2, 0.25) is 0 Å². The second-order valence-electron chi connectivity index (χ2n) is 5.62. The Morgan fingerprint density at radius 1 is 1.30 bits per heavy atom. The van der Waals surface area contributed by atoms with Gasteiger partial charge >= 0.3 is 5.97 Å². The molecule has 1 heterocycles. The van der Waals surface area contributed by atoms with Crippen LogP contribution in [0.5, 0.6) is 0 Å². The third-order valence-corrected chi connectivity index (χ3v) is 4.01. The Bertz CT molecular complexity index is 485. The van der Waals surface area contributed by atoms with Crippen LogP contribution in [0, 0.1) is 12.8 Å². The largest absolute Gasteiger partial charge is 0.478 e. The normalized spacial score (nSPS) is 16.6. The Kier molecular flexibility index (Phi) is 4.82. The number of aromatic amines is 1. The molecular formula is C15H22N2O3. The maximum absolute atomic E-state index is 12.1. The van der Waals surface area contributed by atoms with Crippen molar-refractivity contribution >= 4 is 17.6 Å². The fourth-order valence-corrected chi connectivity index (χ4v) is 2.93. The van der Waals surface area contributed by atoms with Crippen LogP contribution in [0.25, 0.3) is 0 Å². The number of aryl methyl sites for hydroxylation is 1. The van der Waals surface area contributed by atoms with E-state index < -0.39 is 5.97 Å². The lowest BCUT2D eigenvalue weighted by atomic mass is 9.96. The molecule has 1 saturated carbocycles. The minimum atomic E-state index is -1.02. The predicted molar refractivity (Wildman–Crippen MR) is 76.9 cm³/mol. The van der Waals surface area contributed by atoms with Crippen LogP contribution in [0.4, 0.5) is 5.69 Å². The lowest BCUT2D eigenvalue weighted by Crippen LogP contribution is -2.17. The highest BCUT2D eigenvalue weighted by Gasteiger charge is 2.20. The van der Waals surface area contributed by atoms with Gasteiger partial charge in [-0.15, -0.1) is 0 Å². The maximum Gasteiger partial charge on any atom is 0.339 e. The first-order valence-corrected chi connectivity index (χ1v) is 7.29. The molecule has 0 aliphatic heterocycles. The van der Waals surface area contributed by atoms with Gasteiger partial charge in [-0.3, -0.25) is 4.79 Å². The first kappa shape index (κ1) is 14.6. The molecule has 0 aromatic carbocycles. The van der Waals surface area contributed by atoms with Gasteiger partial charge in [-0.2, -0.15) is 0 Å². The van der Waals surface area contributed by atoms with Gasteiger partial charge in [0.2, 0.25) is 5.91 Å². The molecule has 0 spiro atoms. The molecule has 110 valence electrons. The third kappa shape index (κ3) is 3.62. The molecule has 0 radical (unpaired) electrons. The Morgan fingerprint density at radius 3 is 2.55 bits per heavy atom. The number of hydrogen-bond donors (Lipinski definition) is 3. The van der Waals surface area contributed by atoms with Crippen molar-refractivity contribution in [3.05, 3.63) is 17.5 Å². The number of carboxylic acid groups (broad SMARTS) is 1. The van der Waals surface area contributed by atoms with Crippen molar-refractivity contribution in [2.24, 2.45) is 5.92 Å². The molecule has 1 amide bonds. The average molecular weight is 278 g/mol. The fraction of sp³-hybridized carbons (Fsp3) is 0.600. The Labute approximate surface area is 118 Å². The zero-order chi connectivity index (χ0) is 14.5. The van der Waals surface area contributed by atoms with Gasteiger partial charge in [-0.1, -0.05) is 25.7 Å². The number of carbonyl (C=O) groups is 2. The van der Waals surface area contributed by atoms with E-state index in [9.17, 15) is 9.59 Å². The molecule has 1 aromatic heterocycles. The number of nitrogens with one attached hydrogen (secondary N) is 2. The summed E-state index contributed by atoms with van der Waals surface area (Å²) in [6, 6.07) is 0. The van der Waals surface area contributed by atoms with Crippen LogP contribution in [-0.2, 0) is 4.79 Å². The molecule has 0 bridgehead atoms. The summed E-state index contributed by atoms with van der Waals surface area (Å²) in [5, 5.41) is 11.9. The first-order chi connectivity index (χ1) is 9.58. The summed E-state index contributed by atoms with van der Waals surface area (Å²) in [7, 11) is 0. The Balaban J connectivity index is 1.95. The summed E-state index contributed by atoms with van der Waals surface area (Å²) in [4.78, 5) is 26.1. The van der Waals surface area contributed by atoms with Crippen molar-refractivity contribution in [1.29, 1.82) is 0 Å². The maximum atomic E-state index is 12.1. The first-order valence-electron chi connectivity index (χ1n) is 7.29. The molecule has 1 fully saturated rings. The van der Waals surface area contributed by atoms with Crippen molar-refractivity contribution in [2.75, 3.05) is 5.32 Å². The van der Waals surface area contributed by atoms with Crippen molar-refractivity contribution in [1.82, 2.24) is 4.98 Å². The number of rotatable bonds is 4. The van der Waals surface area contributed by atoms with Gasteiger partial charge in [0.05, 0.1) is 5.69 Å². The van der Waals surface area contributed by atoms with Crippen molar-refractivity contribution in [2.45, 2.75) is 51.9 Å². The van der Waals surface area contributed by atoms with Gasteiger partial charge in [0, 0.05) is 18.3 Å². The highest BCUT2D eigenvalue weighted by Crippen LogP contribution is 2.26. The SMILES string of the molecule is Cc1[nH]cc(NC(=O)CC2CCCCCC2)c1C(=O)O. The van der Waals surface area contributed by atoms with Gasteiger partial charge in [-0.25, -0.2) is 4.79 Å². The van der Waals surface area contributed by atoms with Crippen LogP contribution in [0.3, 0.4) is 0 Å². The van der Waals surface area contributed by atoms with E-state index in [0.29, 0.717) is 23.7 Å². The highest BCUT2D eigenvalue weighted by atomic mass is 16.4. The smallest absolute Gasteiger partial charge is 0.339 e. The molecule has 1 aliphatic carbocycles. The number of carbonyl (C=O) groups excluding carboxylic acids is 1. The standard InChI is InChI=1S/C15H22N2O3/c1-10-14(15(19)20)12(9-16-10)17-13(18)8-11-6-4-2-3-5-7-11/h9,11,16H,2-8H2,1H3,(H,17,18)(H,19,20). The number of amides is 1. The second kappa shape index (κ2) is 6.59. The summed E-state index contributed by atoms with van der Waals surface area (Å²) in [6.07, 6.45) is 9.16. The number of aromatic nitrogens is 1. The van der Waals surface area contributed by atoms with E-state index in [-0.39, 0.29) is 11.5 Å². The van der Waals surface area contributed by atoms with Crippen LogP contribution >= 0.6 is 0 Å². The minimum absolute atomic E-state index is 0.0848. The topological polar surface area (TPSA) is 82.2 Å². The van der Waals surface area contributed by atoms with E-state index in [2.05, 4.69) is 10.3 Å². The lowest BCUT2D eigenvalue weighted by molar-refractivity contribution is -0.117. The van der Waals surface area contributed by atoms with Crippen LogP contribution in [0.1, 0.15) is 61.0 Å². The van der Waals surface area contributed by atoms with Crippen LogP contribution < -0.4 is 5.32 Å². The molecule has 0 unspecified atom stereocenters. The van der Waals surface area contributed by atoms with Gasteiger partial charge in [0.1, 0.15) is 5.56 Å². The monoisotopic (exact) mass is 278 g/mol. The van der Waals surface area contributed by atoms with Gasteiger partial charge < -0.3 is 15.4 Å². The van der Waals surface area contributed by atoms with Crippen molar-refractivity contribution in [3.8, 4) is 0 Å². The van der Waals surface area contributed by atoms with E-state index in [1.54, 1.807) is 13.1 Å². The molecule has 0 saturated heterocycles. The number of anilines is 1. The number of aromatic carboxylic acids is 1. The molecule has 3 N–H and O–H groups in total. The lowest BCUT2D eigenvalue weighted by Gasteiger charge is -2.13. The molecule has 5 nitrogen and oxygen atoms in total. The molecule has 20 heavy (non-hydrogen) atoms. The number of H-pyrrole nitrogens is 1. The summed E-state index contributed by atoms with van der Waals surface area (Å²) in [6.45, 7) is 1.68. The van der Waals surface area contributed by atoms with Crippen molar-refractivity contribution in [3.63, 3.8) is 0 Å². The van der Waals surface area contributed by atoms with Crippen LogP contribution in [0.15, 0.2) is 6.20 Å². The molecular weight excluding hydrogens is 256 g/mol. The van der Waals surface area contributed by atoms with Gasteiger partial charge in [-0.05, 0) is 25.7 Å². The fourth-order valence-electron chi connectivity index (χ4n) is 2.93. The van der Waals surface area contributed by atoms with Crippen molar-refractivity contribution < 1.29 is 14.7 Å². The summed E-state index contributed by atoms with van der Waals surface area (Å²) in [5.74, 6) is -0.669. The molecule has 0 atom stereocenters. The van der Waals surface area contributed by atoms with E-state index in [4.69, 9.17) is 5.11 Å². The Morgan fingerprint density at radius 2 is 1.95 bits per heavy atom. The quantitative estimate of drug-likeness (QED) is 0.739. The highest BCUT2D eigenvalue weighted by molar-refractivity contribution is 6.01. The van der Waals surface area contributed by atoms with Gasteiger partial charge in [0.15, 0.2) is 0 Å². The second-order valence-corrected chi connectivity index (χ2v) is 5.62. The molecule has 1 aromatic rings. The van der Waals surface area contributed by atoms with Crippen LogP contribution in [-0.4, -0.2) is 22.0 Å². The zero-order valence-corrected chi connectivity index (χ0v) is 11.9. The summed E-state index contributed by atoms with van der Waals surface area (Å²) < 4.78 is 0. The van der Waals surface area contributed by atoms with E-state index in [1.165, 1.54) is 25.7 Å². The average Bonchev–Trinajstić information content (AvgIpc) is 2.60. The molecule has 1 aliphatic rings. The van der Waals surface area contributed by atoms with E-state index >= 15 is 0 Å². The third-order valence-electron chi connectivity index (χ3n) is 4.01. The predicted octanol–water partition coefficient (Wildman–Crippen LogP) is 3.32. The zero-order valence-electron chi connectivity index (χ0n) is 11.9. The molecule has 5 heteroatoms. The summed E-state index contributed by atoms with van der Waals surface area (Å²) >= 11 is 0. The number of carboxylic acids is 1. The van der Waals surface area contributed by atoms with E-state index in [0.717, 1.165) is 12.8 Å². The van der Waals surface area contributed by atoms with E-state index in [1.807, 2.05) is 0 Å². The molecule has 2 rings (SSSR count). The number of hydrogen-bond acceptors (Lipinski definition) is 2.